The number of aromatic nitrogens is 2. The van der Waals surface area contributed by atoms with Crippen molar-refractivity contribution in [3.05, 3.63) is 10.2 Å². The molecule has 0 unspecified atom stereocenters. The van der Waals surface area contributed by atoms with Gasteiger partial charge in [-0.1, -0.05) is 0 Å². The molecule has 1 aliphatic heterocycles. The van der Waals surface area contributed by atoms with Crippen molar-refractivity contribution >= 4 is 21.9 Å². The lowest BCUT2D eigenvalue weighted by Gasteiger charge is -2.18. The van der Waals surface area contributed by atoms with E-state index >= 15 is 0 Å². The minimum atomic E-state index is -1.17. The number of alkyl halides is 1. The van der Waals surface area contributed by atoms with Gasteiger partial charge in [-0.05, 0) is 15.9 Å². The highest BCUT2D eigenvalue weighted by atomic mass is 79.9. The van der Waals surface area contributed by atoms with E-state index in [1.165, 1.54) is 4.68 Å². The van der Waals surface area contributed by atoms with Crippen molar-refractivity contribution in [3.63, 3.8) is 0 Å². The van der Waals surface area contributed by atoms with Crippen molar-refractivity contribution < 1.29 is 19.0 Å². The van der Waals surface area contributed by atoms with Crippen molar-refractivity contribution in [2.45, 2.75) is 12.7 Å². The lowest BCUT2D eigenvalue weighted by atomic mass is 10.4. The van der Waals surface area contributed by atoms with Crippen LogP contribution in [0.25, 0.3) is 0 Å². The molecule has 7 heteroatoms. The van der Waals surface area contributed by atoms with Gasteiger partial charge in [0.15, 0.2) is 11.9 Å². The number of hydrogen-bond acceptors (Lipinski definition) is 3. The zero-order chi connectivity index (χ0) is 10.3. The smallest absolute Gasteiger partial charge is 0.357 e. The summed E-state index contributed by atoms with van der Waals surface area (Å²) in [4.78, 5) is 10.7. The highest BCUT2D eigenvalue weighted by Crippen LogP contribution is 2.31. The van der Waals surface area contributed by atoms with Crippen LogP contribution < -0.4 is 4.74 Å². The second-order valence-corrected chi connectivity index (χ2v) is 3.66. The molecule has 0 amide bonds. The van der Waals surface area contributed by atoms with Gasteiger partial charge in [0.05, 0.1) is 6.54 Å². The zero-order valence-corrected chi connectivity index (χ0v) is 8.49. The van der Waals surface area contributed by atoms with Gasteiger partial charge in [0.1, 0.15) is 11.1 Å². The summed E-state index contributed by atoms with van der Waals surface area (Å²) in [5, 5.41) is 12.4. The topological polar surface area (TPSA) is 64.3 Å². The van der Waals surface area contributed by atoms with Crippen molar-refractivity contribution in [2.24, 2.45) is 0 Å². The lowest BCUT2D eigenvalue weighted by molar-refractivity contribution is 0.0687. The highest BCUT2D eigenvalue weighted by molar-refractivity contribution is 9.10. The summed E-state index contributed by atoms with van der Waals surface area (Å²) in [5.74, 6) is -0.894. The average Bonchev–Trinajstić information content (AvgIpc) is 2.43. The van der Waals surface area contributed by atoms with Crippen molar-refractivity contribution in [1.29, 1.82) is 0 Å². The molecule has 0 aromatic carbocycles. The monoisotopic (exact) mass is 264 g/mol. The third kappa shape index (κ3) is 1.37. The first-order valence-electron chi connectivity index (χ1n) is 3.86. The van der Waals surface area contributed by atoms with Gasteiger partial charge in [0.25, 0.3) is 0 Å². The highest BCUT2D eigenvalue weighted by Gasteiger charge is 2.27. The molecule has 1 N–H and O–H groups in total. The molecule has 14 heavy (non-hydrogen) atoms. The molecule has 2 rings (SSSR count). The number of hydrogen-bond donors (Lipinski definition) is 1. The molecule has 1 aromatic rings. The Balaban J connectivity index is 2.45. The van der Waals surface area contributed by atoms with Crippen LogP contribution >= 0.6 is 15.9 Å². The largest absolute Gasteiger partial charge is 0.476 e. The van der Waals surface area contributed by atoms with Gasteiger partial charge in [-0.25, -0.2) is 13.9 Å². The van der Waals surface area contributed by atoms with Gasteiger partial charge in [0.2, 0.25) is 5.88 Å². The molecule has 0 spiro atoms. The van der Waals surface area contributed by atoms with E-state index in [9.17, 15) is 9.18 Å². The van der Waals surface area contributed by atoms with E-state index in [0.717, 1.165) is 0 Å². The molecule has 5 nitrogen and oxygen atoms in total. The van der Waals surface area contributed by atoms with Gasteiger partial charge in [-0.3, -0.25) is 0 Å². The number of halogens is 2. The van der Waals surface area contributed by atoms with Gasteiger partial charge in [0, 0.05) is 0 Å². The first-order valence-corrected chi connectivity index (χ1v) is 4.65. The maximum atomic E-state index is 12.9. The molecule has 76 valence electrons. The maximum absolute atomic E-state index is 12.9. The van der Waals surface area contributed by atoms with Gasteiger partial charge in [-0.15, -0.1) is 0 Å². The van der Waals surface area contributed by atoms with Crippen LogP contribution in [0.3, 0.4) is 0 Å². The predicted molar refractivity (Wildman–Crippen MR) is 47.3 cm³/mol. The second kappa shape index (κ2) is 3.23. The van der Waals surface area contributed by atoms with Crippen molar-refractivity contribution in [3.8, 4) is 5.88 Å². The summed E-state index contributed by atoms with van der Waals surface area (Å²) in [6.07, 6.45) is -1.14. The molecule has 2 heterocycles. The molecule has 0 saturated carbocycles. The molecular weight excluding hydrogens is 259 g/mol. The Kier molecular flexibility index (Phi) is 2.18. The summed E-state index contributed by atoms with van der Waals surface area (Å²) >= 11 is 3.05. The predicted octanol–water partition coefficient (Wildman–Crippen LogP) is 1.07. The molecule has 0 bridgehead atoms. The zero-order valence-electron chi connectivity index (χ0n) is 6.91. The molecule has 0 saturated heterocycles. The summed E-state index contributed by atoms with van der Waals surface area (Å²) in [6.45, 7) is -0.0371. The molecule has 0 radical (unpaired) electrons. The van der Waals surface area contributed by atoms with Crippen molar-refractivity contribution in [2.75, 3.05) is 6.61 Å². The van der Waals surface area contributed by atoms with Crippen LogP contribution in [-0.4, -0.2) is 33.6 Å². The van der Waals surface area contributed by atoms with E-state index in [2.05, 4.69) is 21.0 Å². The number of rotatable bonds is 1. The van der Waals surface area contributed by atoms with Crippen molar-refractivity contribution in [1.82, 2.24) is 9.78 Å². The summed E-state index contributed by atoms with van der Waals surface area (Å²) in [5.41, 5.74) is -0.158. The fraction of sp³-hybridized carbons (Fsp3) is 0.429. The first-order chi connectivity index (χ1) is 6.59. The number of fused-ring (bicyclic) bond motifs is 1. The van der Waals surface area contributed by atoms with Crippen LogP contribution in [0.1, 0.15) is 10.5 Å². The van der Waals surface area contributed by atoms with Gasteiger partial charge < -0.3 is 9.84 Å². The van der Waals surface area contributed by atoms with Gasteiger partial charge >= 0.3 is 5.97 Å². The Bertz CT molecular complexity index is 393. The number of carboxylic acid groups (broad SMARTS) is 1. The minimum Gasteiger partial charge on any atom is -0.476 e. The number of carbonyl (C=O) groups is 1. The van der Waals surface area contributed by atoms with Gasteiger partial charge in [-0.2, -0.15) is 5.10 Å². The van der Waals surface area contributed by atoms with E-state index in [1.807, 2.05) is 0 Å². The minimum absolute atomic E-state index is 0.0290. The normalized spacial score (nSPS) is 20.0. The Hall–Kier alpha value is -1.11. The van der Waals surface area contributed by atoms with E-state index in [1.54, 1.807) is 0 Å². The maximum Gasteiger partial charge on any atom is 0.357 e. The van der Waals surface area contributed by atoms with Crippen LogP contribution in [0.15, 0.2) is 4.47 Å². The second-order valence-electron chi connectivity index (χ2n) is 2.86. The van der Waals surface area contributed by atoms with E-state index in [4.69, 9.17) is 9.84 Å². The number of carboxylic acids is 1. The molecule has 0 aliphatic carbocycles. The van der Waals surface area contributed by atoms with E-state index in [0.29, 0.717) is 0 Å². The Morgan fingerprint density at radius 2 is 2.50 bits per heavy atom. The van der Waals surface area contributed by atoms with E-state index in [-0.39, 0.29) is 29.2 Å². The van der Waals surface area contributed by atoms with Crippen LogP contribution in [0.2, 0.25) is 0 Å². The molecule has 1 aliphatic rings. The SMILES string of the molecule is O=C(O)c1nn2c(c1Br)OC[C@H](F)C2. The van der Waals surface area contributed by atoms with Crippen LogP contribution in [0.4, 0.5) is 4.39 Å². The molecule has 1 atom stereocenters. The summed E-state index contributed by atoms with van der Waals surface area (Å²) < 4.78 is 19.3. The van der Waals surface area contributed by atoms with E-state index < -0.39 is 12.1 Å². The Morgan fingerprint density at radius 3 is 3.14 bits per heavy atom. The fourth-order valence-electron chi connectivity index (χ4n) is 1.23. The number of ether oxygens (including phenoxy) is 1. The first kappa shape index (κ1) is 9.45. The van der Waals surface area contributed by atoms with Crippen LogP contribution in [-0.2, 0) is 6.54 Å². The third-order valence-electron chi connectivity index (χ3n) is 1.83. The van der Waals surface area contributed by atoms with Crippen LogP contribution in [0, 0.1) is 0 Å². The Labute approximate surface area is 86.6 Å². The Morgan fingerprint density at radius 1 is 1.79 bits per heavy atom. The number of nitrogens with zero attached hydrogens (tertiary/aromatic N) is 2. The molecule has 0 fully saturated rings. The standard InChI is InChI=1S/C7H6BrFN2O3/c8-4-5(7(12)13)10-11-1-3(9)2-14-6(4)11/h3H,1-2H2,(H,12,13)/t3-/m1/s1. The quantitative estimate of drug-likeness (QED) is 0.825. The lowest BCUT2D eigenvalue weighted by Crippen LogP contribution is -2.26. The molecule has 1 aromatic heterocycles. The summed E-state index contributed by atoms with van der Waals surface area (Å²) in [7, 11) is 0. The molecular formula is C7H6BrFN2O3. The summed E-state index contributed by atoms with van der Waals surface area (Å²) in [6, 6.07) is 0. The average molecular weight is 265 g/mol. The van der Waals surface area contributed by atoms with Crippen LogP contribution in [0.5, 0.6) is 5.88 Å². The fourth-order valence-corrected chi connectivity index (χ4v) is 1.80. The third-order valence-corrected chi connectivity index (χ3v) is 2.54. The number of aromatic carboxylic acids is 1.